The van der Waals surface area contributed by atoms with Gasteiger partial charge in [0, 0.05) is 0 Å². The van der Waals surface area contributed by atoms with Crippen molar-refractivity contribution in [1.29, 1.82) is 5.26 Å². The second kappa shape index (κ2) is 3.26. The Balaban J connectivity index is 2.47. The molecule has 0 saturated heterocycles. The number of nitriles is 1. The van der Waals surface area contributed by atoms with Gasteiger partial charge in [0.25, 0.3) is 0 Å². The van der Waals surface area contributed by atoms with Crippen LogP contribution in [0.5, 0.6) is 0 Å². The lowest BCUT2D eigenvalue weighted by molar-refractivity contribution is -0.401. The zero-order valence-corrected chi connectivity index (χ0v) is 7.21. The summed E-state index contributed by atoms with van der Waals surface area (Å²) in [7, 11) is 0. The monoisotopic (exact) mass is 205 g/mol. The van der Waals surface area contributed by atoms with Gasteiger partial charge in [0.1, 0.15) is 22.8 Å². The minimum absolute atomic E-state index is 0.131. The molecule has 0 aromatic carbocycles. The minimum Gasteiger partial charge on any atom is -0.399 e. The maximum atomic E-state index is 10.3. The van der Waals surface area contributed by atoms with Crippen molar-refractivity contribution < 1.29 is 13.9 Å². The summed E-state index contributed by atoms with van der Waals surface area (Å²) < 4.78 is 9.42. The molecule has 0 aliphatic carbocycles. The molecule has 2 aromatic rings. The fraction of sp³-hybridized carbons (Fsp3) is 0. The lowest BCUT2D eigenvalue weighted by Gasteiger charge is -1.86. The molecule has 7 nitrogen and oxygen atoms in total. The minimum atomic E-state index is -0.671. The molecule has 0 atom stereocenters. The number of furan rings is 1. The lowest BCUT2D eigenvalue weighted by Crippen LogP contribution is -1.83. The Hall–Kier alpha value is -2.62. The van der Waals surface area contributed by atoms with Crippen LogP contribution in [0.2, 0.25) is 0 Å². The highest BCUT2D eigenvalue weighted by atomic mass is 16.6. The maximum Gasteiger partial charge on any atom is 0.433 e. The highest BCUT2D eigenvalue weighted by molar-refractivity contribution is 5.61. The van der Waals surface area contributed by atoms with Crippen molar-refractivity contribution in [1.82, 2.24) is 5.16 Å². The fourth-order valence-electron chi connectivity index (χ4n) is 1.05. The smallest absolute Gasteiger partial charge is 0.399 e. The third-order valence-electron chi connectivity index (χ3n) is 1.70. The van der Waals surface area contributed by atoms with E-state index in [1.54, 1.807) is 0 Å². The molecule has 0 bridgehead atoms. The summed E-state index contributed by atoms with van der Waals surface area (Å²) in [6, 6.07) is 4.37. The van der Waals surface area contributed by atoms with Crippen molar-refractivity contribution in [3.63, 3.8) is 0 Å². The van der Waals surface area contributed by atoms with Gasteiger partial charge in [-0.1, -0.05) is 5.16 Å². The molecule has 2 heterocycles. The van der Waals surface area contributed by atoms with Crippen LogP contribution in [-0.2, 0) is 0 Å². The van der Waals surface area contributed by atoms with E-state index in [1.807, 2.05) is 6.07 Å². The van der Waals surface area contributed by atoms with Crippen molar-refractivity contribution in [3.8, 4) is 17.5 Å². The van der Waals surface area contributed by atoms with Crippen LogP contribution >= 0.6 is 0 Å². The molecule has 0 N–H and O–H groups in total. The molecule has 0 saturated carbocycles. The zero-order valence-electron chi connectivity index (χ0n) is 7.21. The molecule has 74 valence electrons. The third kappa shape index (κ3) is 1.44. The van der Waals surface area contributed by atoms with Crippen molar-refractivity contribution >= 4 is 5.88 Å². The van der Waals surface area contributed by atoms with Crippen LogP contribution < -0.4 is 0 Å². The van der Waals surface area contributed by atoms with Gasteiger partial charge in [0.05, 0.1) is 6.07 Å². The van der Waals surface area contributed by atoms with Crippen LogP contribution in [0.4, 0.5) is 5.88 Å². The predicted molar refractivity (Wildman–Crippen MR) is 45.6 cm³/mol. The van der Waals surface area contributed by atoms with Crippen molar-refractivity contribution in [2.24, 2.45) is 0 Å². The van der Waals surface area contributed by atoms with Crippen LogP contribution in [0.25, 0.3) is 11.5 Å². The summed E-state index contributed by atoms with van der Waals surface area (Å²) in [4.78, 5) is 9.67. The van der Waals surface area contributed by atoms with Crippen molar-refractivity contribution in [3.05, 3.63) is 34.1 Å². The molecule has 0 radical (unpaired) electrons. The van der Waals surface area contributed by atoms with Gasteiger partial charge >= 0.3 is 5.88 Å². The molecule has 0 fully saturated rings. The van der Waals surface area contributed by atoms with Crippen LogP contribution in [0.15, 0.2) is 27.3 Å². The SMILES string of the molecule is N#Cc1conc1-c1ccc([N+](=O)[O-])o1. The molecule has 0 spiro atoms. The second-order valence-corrected chi connectivity index (χ2v) is 2.58. The third-order valence-corrected chi connectivity index (χ3v) is 1.70. The topological polar surface area (TPSA) is 106 Å². The average Bonchev–Trinajstić information content (AvgIpc) is 2.85. The Kier molecular flexibility index (Phi) is 1.95. The number of hydrogen-bond acceptors (Lipinski definition) is 6. The van der Waals surface area contributed by atoms with E-state index in [-0.39, 0.29) is 17.0 Å². The second-order valence-electron chi connectivity index (χ2n) is 2.58. The van der Waals surface area contributed by atoms with Gasteiger partial charge in [-0.2, -0.15) is 5.26 Å². The summed E-state index contributed by atoms with van der Waals surface area (Å²) in [5, 5.41) is 22.5. The van der Waals surface area contributed by atoms with Crippen LogP contribution in [0.3, 0.4) is 0 Å². The van der Waals surface area contributed by atoms with Gasteiger partial charge in [0.15, 0.2) is 11.5 Å². The van der Waals surface area contributed by atoms with E-state index in [0.717, 1.165) is 6.26 Å². The van der Waals surface area contributed by atoms with Crippen molar-refractivity contribution in [2.45, 2.75) is 0 Å². The summed E-state index contributed by atoms with van der Waals surface area (Å²) >= 11 is 0. The lowest BCUT2D eigenvalue weighted by atomic mass is 10.2. The normalized spacial score (nSPS) is 9.80. The van der Waals surface area contributed by atoms with Gasteiger partial charge < -0.3 is 8.94 Å². The number of nitro groups is 1. The summed E-state index contributed by atoms with van der Waals surface area (Å²) in [5.74, 6) is -0.274. The highest BCUT2D eigenvalue weighted by Crippen LogP contribution is 2.26. The molecule has 0 amide bonds. The Morgan fingerprint density at radius 3 is 2.93 bits per heavy atom. The van der Waals surface area contributed by atoms with Gasteiger partial charge in [-0.05, 0) is 6.07 Å². The van der Waals surface area contributed by atoms with E-state index in [4.69, 9.17) is 9.68 Å². The first kappa shape index (κ1) is 8.96. The Morgan fingerprint density at radius 1 is 1.53 bits per heavy atom. The largest absolute Gasteiger partial charge is 0.433 e. The molecule has 2 rings (SSSR count). The highest BCUT2D eigenvalue weighted by Gasteiger charge is 2.18. The molecule has 15 heavy (non-hydrogen) atoms. The molecule has 0 aliphatic heterocycles. The van der Waals surface area contributed by atoms with Crippen LogP contribution in [0, 0.1) is 21.4 Å². The van der Waals surface area contributed by atoms with Gasteiger partial charge in [-0.3, -0.25) is 10.1 Å². The molecular formula is C8H3N3O4. The van der Waals surface area contributed by atoms with E-state index in [1.165, 1.54) is 12.1 Å². The molecule has 2 aromatic heterocycles. The molecule has 0 unspecified atom stereocenters. The Morgan fingerprint density at radius 2 is 2.33 bits per heavy atom. The summed E-state index contributed by atoms with van der Waals surface area (Å²) in [6.07, 6.45) is 1.14. The quantitative estimate of drug-likeness (QED) is 0.545. The molecule has 7 heteroatoms. The van der Waals surface area contributed by atoms with Crippen molar-refractivity contribution in [2.75, 3.05) is 0 Å². The van der Waals surface area contributed by atoms with Gasteiger partial charge in [0.2, 0.25) is 0 Å². The number of rotatable bonds is 2. The average molecular weight is 205 g/mol. The predicted octanol–water partition coefficient (Wildman–Crippen LogP) is 1.71. The van der Waals surface area contributed by atoms with Gasteiger partial charge in [-0.15, -0.1) is 0 Å². The number of hydrogen-bond donors (Lipinski definition) is 0. The first-order chi connectivity index (χ1) is 7.22. The first-order valence-electron chi connectivity index (χ1n) is 3.81. The fourth-order valence-corrected chi connectivity index (χ4v) is 1.05. The van der Waals surface area contributed by atoms with Crippen LogP contribution in [0.1, 0.15) is 5.56 Å². The number of aromatic nitrogens is 1. The Labute approximate surface area is 82.7 Å². The summed E-state index contributed by atoms with van der Waals surface area (Å²) in [6.45, 7) is 0. The number of nitrogens with zero attached hydrogens (tertiary/aromatic N) is 3. The molecular weight excluding hydrogens is 202 g/mol. The Bertz CT molecular complexity index is 548. The van der Waals surface area contributed by atoms with E-state index < -0.39 is 10.8 Å². The van der Waals surface area contributed by atoms with E-state index >= 15 is 0 Å². The van der Waals surface area contributed by atoms with Gasteiger partial charge in [-0.25, -0.2) is 0 Å². The summed E-state index contributed by atoms with van der Waals surface area (Å²) in [5.41, 5.74) is 0.324. The van der Waals surface area contributed by atoms with E-state index in [9.17, 15) is 10.1 Å². The first-order valence-corrected chi connectivity index (χ1v) is 3.81. The molecule has 0 aliphatic rings. The standard InChI is InChI=1S/C8H3N3O4/c9-3-5-4-14-10-8(5)6-1-2-7(15-6)11(12)13/h1-2,4H. The van der Waals surface area contributed by atoms with Crippen LogP contribution in [-0.4, -0.2) is 10.1 Å². The maximum absolute atomic E-state index is 10.3. The van der Waals surface area contributed by atoms with E-state index in [0.29, 0.717) is 0 Å². The zero-order chi connectivity index (χ0) is 10.8. The van der Waals surface area contributed by atoms with E-state index in [2.05, 4.69) is 9.68 Å².